The van der Waals surface area contributed by atoms with Crippen LogP contribution in [0.5, 0.6) is 11.5 Å². The smallest absolute Gasteiger partial charge is 0.310 e. The monoisotopic (exact) mass is 342 g/mol. The second-order valence-corrected chi connectivity index (χ2v) is 6.58. The Morgan fingerprint density at radius 3 is 2.56 bits per heavy atom. The first-order valence-electron chi connectivity index (χ1n) is 8.71. The van der Waals surface area contributed by atoms with Gasteiger partial charge in [0.05, 0.1) is 5.56 Å². The standard InChI is InChI=1S/C21H23FO3/c1-4-21(23)25-19-7-5-6-18(22)17(19)12-24-20-11-14(3)13(2)10-16(20)15-8-9-15/h5-7,10-11,15H,4,8-9,12H2,1-3H3. The molecule has 0 atom stereocenters. The molecule has 1 saturated carbocycles. The second kappa shape index (κ2) is 7.26. The molecule has 2 aromatic carbocycles. The highest BCUT2D eigenvalue weighted by molar-refractivity contribution is 5.72. The van der Waals surface area contributed by atoms with Gasteiger partial charge in [0.25, 0.3) is 0 Å². The van der Waals surface area contributed by atoms with Crippen LogP contribution >= 0.6 is 0 Å². The summed E-state index contributed by atoms with van der Waals surface area (Å²) in [5.74, 6) is 0.729. The van der Waals surface area contributed by atoms with Crippen LogP contribution in [0.2, 0.25) is 0 Å². The number of halogens is 1. The molecule has 0 amide bonds. The number of esters is 1. The van der Waals surface area contributed by atoms with E-state index >= 15 is 0 Å². The summed E-state index contributed by atoms with van der Waals surface area (Å²) in [5, 5.41) is 0. The van der Waals surface area contributed by atoms with E-state index in [4.69, 9.17) is 9.47 Å². The lowest BCUT2D eigenvalue weighted by molar-refractivity contribution is -0.134. The van der Waals surface area contributed by atoms with Crippen LogP contribution in [-0.4, -0.2) is 5.97 Å². The number of hydrogen-bond donors (Lipinski definition) is 0. The van der Waals surface area contributed by atoms with Crippen LogP contribution < -0.4 is 9.47 Å². The van der Waals surface area contributed by atoms with Gasteiger partial charge in [-0.05, 0) is 67.5 Å². The molecule has 3 nitrogen and oxygen atoms in total. The summed E-state index contributed by atoms with van der Waals surface area (Å²) in [6.45, 7) is 5.86. The van der Waals surface area contributed by atoms with Crippen LogP contribution in [0.15, 0.2) is 30.3 Å². The van der Waals surface area contributed by atoms with Crippen molar-refractivity contribution in [2.24, 2.45) is 0 Å². The number of ether oxygens (including phenoxy) is 2. The summed E-state index contributed by atoms with van der Waals surface area (Å²) in [5.41, 5.74) is 3.83. The molecule has 4 heteroatoms. The quantitative estimate of drug-likeness (QED) is 0.534. The average Bonchev–Trinajstić information content (AvgIpc) is 3.42. The first-order valence-corrected chi connectivity index (χ1v) is 8.71. The van der Waals surface area contributed by atoms with E-state index in [0.29, 0.717) is 5.92 Å². The first kappa shape index (κ1) is 17.5. The molecule has 0 radical (unpaired) electrons. The van der Waals surface area contributed by atoms with Crippen molar-refractivity contribution in [1.82, 2.24) is 0 Å². The molecule has 0 spiro atoms. The lowest BCUT2D eigenvalue weighted by Gasteiger charge is -2.16. The average molecular weight is 342 g/mol. The van der Waals surface area contributed by atoms with E-state index in [9.17, 15) is 9.18 Å². The van der Waals surface area contributed by atoms with E-state index in [-0.39, 0.29) is 24.3 Å². The van der Waals surface area contributed by atoms with Crippen LogP contribution in [0.25, 0.3) is 0 Å². The van der Waals surface area contributed by atoms with Crippen LogP contribution in [0.4, 0.5) is 4.39 Å². The minimum absolute atomic E-state index is 0.0290. The van der Waals surface area contributed by atoms with Crippen molar-refractivity contribution < 1.29 is 18.7 Å². The number of carbonyl (C=O) groups is 1. The number of aryl methyl sites for hydroxylation is 2. The Hall–Kier alpha value is -2.36. The Labute approximate surface area is 147 Å². The van der Waals surface area contributed by atoms with Crippen LogP contribution in [-0.2, 0) is 11.4 Å². The highest BCUT2D eigenvalue weighted by Gasteiger charge is 2.27. The number of carbonyl (C=O) groups excluding carboxylic acids is 1. The largest absolute Gasteiger partial charge is 0.488 e. The molecule has 3 rings (SSSR count). The van der Waals surface area contributed by atoms with Gasteiger partial charge >= 0.3 is 5.97 Å². The van der Waals surface area contributed by atoms with Crippen molar-refractivity contribution in [3.05, 3.63) is 58.4 Å². The molecule has 0 bridgehead atoms. The lowest BCUT2D eigenvalue weighted by atomic mass is 10.0. The van der Waals surface area contributed by atoms with Gasteiger partial charge in [-0.2, -0.15) is 0 Å². The number of hydrogen-bond acceptors (Lipinski definition) is 3. The summed E-state index contributed by atoms with van der Waals surface area (Å²) in [4.78, 5) is 11.6. The van der Waals surface area contributed by atoms with Gasteiger partial charge in [0.1, 0.15) is 23.9 Å². The fourth-order valence-electron chi connectivity index (χ4n) is 2.77. The third-order valence-corrected chi connectivity index (χ3v) is 4.60. The molecule has 0 aliphatic heterocycles. The highest BCUT2D eigenvalue weighted by Crippen LogP contribution is 2.45. The summed E-state index contributed by atoms with van der Waals surface area (Å²) >= 11 is 0. The maximum absolute atomic E-state index is 14.3. The molecular formula is C21H23FO3. The molecule has 0 saturated heterocycles. The topological polar surface area (TPSA) is 35.5 Å². The summed E-state index contributed by atoms with van der Waals surface area (Å²) < 4.78 is 25.5. The van der Waals surface area contributed by atoms with Crippen molar-refractivity contribution in [2.45, 2.75) is 52.6 Å². The summed E-state index contributed by atoms with van der Waals surface area (Å²) in [6.07, 6.45) is 2.57. The molecule has 1 aliphatic carbocycles. The van der Waals surface area contributed by atoms with Crippen LogP contribution in [0.1, 0.15) is 54.4 Å². The van der Waals surface area contributed by atoms with Crippen molar-refractivity contribution in [1.29, 1.82) is 0 Å². The van der Waals surface area contributed by atoms with Gasteiger partial charge in [0.15, 0.2) is 0 Å². The van der Waals surface area contributed by atoms with Crippen molar-refractivity contribution in [3.8, 4) is 11.5 Å². The van der Waals surface area contributed by atoms with Crippen molar-refractivity contribution in [3.63, 3.8) is 0 Å². The lowest BCUT2D eigenvalue weighted by Crippen LogP contribution is -2.10. The SMILES string of the molecule is CCC(=O)Oc1cccc(F)c1COc1cc(C)c(C)cc1C1CC1. The molecule has 2 aromatic rings. The molecule has 0 N–H and O–H groups in total. The minimum Gasteiger partial charge on any atom is -0.488 e. The van der Waals surface area contributed by atoms with E-state index in [1.807, 2.05) is 13.0 Å². The molecule has 132 valence electrons. The van der Waals surface area contributed by atoms with Crippen LogP contribution in [0, 0.1) is 19.7 Å². The zero-order chi connectivity index (χ0) is 18.0. The third-order valence-electron chi connectivity index (χ3n) is 4.60. The predicted molar refractivity (Wildman–Crippen MR) is 94.5 cm³/mol. The van der Waals surface area contributed by atoms with E-state index < -0.39 is 11.8 Å². The first-order chi connectivity index (χ1) is 12.0. The van der Waals surface area contributed by atoms with Gasteiger partial charge in [0.2, 0.25) is 0 Å². The Morgan fingerprint density at radius 1 is 1.16 bits per heavy atom. The normalized spacial score (nSPS) is 13.6. The fourth-order valence-corrected chi connectivity index (χ4v) is 2.77. The summed E-state index contributed by atoms with van der Waals surface area (Å²) in [7, 11) is 0. The van der Waals surface area contributed by atoms with Gasteiger partial charge in [-0.1, -0.05) is 19.1 Å². The summed E-state index contributed by atoms with van der Waals surface area (Å²) in [6, 6.07) is 8.66. The van der Waals surface area contributed by atoms with Crippen molar-refractivity contribution in [2.75, 3.05) is 0 Å². The Bertz CT molecular complexity index is 794. The zero-order valence-electron chi connectivity index (χ0n) is 14.9. The molecule has 1 fully saturated rings. The second-order valence-electron chi connectivity index (χ2n) is 6.58. The predicted octanol–water partition coefficient (Wildman–Crippen LogP) is 5.21. The Kier molecular flexibility index (Phi) is 5.07. The molecule has 25 heavy (non-hydrogen) atoms. The Balaban J connectivity index is 1.85. The molecule has 0 unspecified atom stereocenters. The number of rotatable bonds is 6. The highest BCUT2D eigenvalue weighted by atomic mass is 19.1. The van der Waals surface area contributed by atoms with E-state index in [1.54, 1.807) is 13.0 Å². The Morgan fingerprint density at radius 2 is 1.88 bits per heavy atom. The fraction of sp³-hybridized carbons (Fsp3) is 0.381. The van der Waals surface area contributed by atoms with Crippen LogP contribution in [0.3, 0.4) is 0 Å². The van der Waals surface area contributed by atoms with E-state index in [0.717, 1.165) is 24.2 Å². The van der Waals surface area contributed by atoms with E-state index in [2.05, 4.69) is 13.0 Å². The molecular weight excluding hydrogens is 319 g/mol. The van der Waals surface area contributed by atoms with E-state index in [1.165, 1.54) is 23.3 Å². The van der Waals surface area contributed by atoms with Gasteiger partial charge in [-0.3, -0.25) is 4.79 Å². The van der Waals surface area contributed by atoms with Gasteiger partial charge in [-0.15, -0.1) is 0 Å². The third kappa shape index (κ3) is 4.01. The van der Waals surface area contributed by atoms with Crippen molar-refractivity contribution >= 4 is 5.97 Å². The maximum Gasteiger partial charge on any atom is 0.310 e. The zero-order valence-corrected chi connectivity index (χ0v) is 14.9. The van der Waals surface area contributed by atoms with Gasteiger partial charge < -0.3 is 9.47 Å². The number of benzene rings is 2. The molecule has 0 heterocycles. The minimum atomic E-state index is -0.432. The maximum atomic E-state index is 14.3. The van der Waals surface area contributed by atoms with Gasteiger partial charge in [0, 0.05) is 6.42 Å². The van der Waals surface area contributed by atoms with Gasteiger partial charge in [-0.25, -0.2) is 4.39 Å². The molecule has 0 aromatic heterocycles. The molecule has 1 aliphatic rings.